The molecule has 1 saturated carbocycles. The Balaban J connectivity index is 1.21. The van der Waals surface area contributed by atoms with Gasteiger partial charge < -0.3 is 33.7 Å². The van der Waals surface area contributed by atoms with Crippen LogP contribution in [0.5, 0.6) is 0 Å². The van der Waals surface area contributed by atoms with Gasteiger partial charge in [-0.15, -0.1) is 11.3 Å². The number of hydrogen-bond acceptors (Lipinski definition) is 12. The number of benzene rings is 1. The van der Waals surface area contributed by atoms with Crippen LogP contribution in [0.2, 0.25) is 0 Å². The van der Waals surface area contributed by atoms with E-state index in [1.54, 1.807) is 6.92 Å². The minimum Gasteiger partial charge on any atom is -0.481 e. The lowest BCUT2D eigenvalue weighted by molar-refractivity contribution is -0.160. The number of azo groups is 1. The maximum absolute atomic E-state index is 12.2. The van der Waals surface area contributed by atoms with Crippen molar-refractivity contribution in [3.63, 3.8) is 0 Å². The van der Waals surface area contributed by atoms with E-state index in [0.717, 1.165) is 30.6 Å². The Labute approximate surface area is 286 Å². The number of carbonyl (C=O) groups is 2. The van der Waals surface area contributed by atoms with E-state index in [1.165, 1.54) is 11.3 Å². The van der Waals surface area contributed by atoms with Gasteiger partial charge in [-0.25, -0.2) is 4.85 Å². The lowest BCUT2D eigenvalue weighted by Gasteiger charge is -2.26. The number of esters is 1. The fraction of sp³-hybridized carbons (Fsp3) is 0.588. The summed E-state index contributed by atoms with van der Waals surface area (Å²) in [5, 5.41) is 27.6. The summed E-state index contributed by atoms with van der Waals surface area (Å²) in [6.07, 6.45) is 2.74. The van der Waals surface area contributed by atoms with Gasteiger partial charge in [-0.2, -0.15) is 15.5 Å². The first kappa shape index (κ1) is 38.5. The normalized spacial score (nSPS) is 16.0. The average molecular weight is 684 g/mol. The van der Waals surface area contributed by atoms with E-state index in [-0.39, 0.29) is 13.2 Å². The zero-order valence-electron chi connectivity index (χ0n) is 27.9. The van der Waals surface area contributed by atoms with Crippen molar-refractivity contribution in [2.75, 3.05) is 77.5 Å². The molecule has 0 saturated heterocycles. The highest BCUT2D eigenvalue weighted by Crippen LogP contribution is 2.42. The molecule has 13 nitrogen and oxygen atoms in total. The zero-order chi connectivity index (χ0) is 34.7. The van der Waals surface area contributed by atoms with E-state index < -0.39 is 23.8 Å². The summed E-state index contributed by atoms with van der Waals surface area (Å²) in [4.78, 5) is 29.8. The number of thiophene rings is 1. The Kier molecular flexibility index (Phi) is 17.0. The van der Waals surface area contributed by atoms with E-state index in [2.05, 4.69) is 33.0 Å². The van der Waals surface area contributed by atoms with Gasteiger partial charge in [0.05, 0.1) is 81.8 Å². The number of carboxylic acid groups (broad SMARTS) is 1. The predicted molar refractivity (Wildman–Crippen MR) is 181 cm³/mol. The Hall–Kier alpha value is -3.92. The van der Waals surface area contributed by atoms with Gasteiger partial charge >= 0.3 is 11.9 Å². The second-order valence-electron chi connectivity index (χ2n) is 11.1. The quantitative estimate of drug-likeness (QED) is 0.0664. The second kappa shape index (κ2) is 21.1. The Morgan fingerprint density at radius 3 is 2.15 bits per heavy atom. The fourth-order valence-electron chi connectivity index (χ4n) is 5.27. The first-order valence-corrected chi connectivity index (χ1v) is 17.0. The third-order valence-electron chi connectivity index (χ3n) is 7.97. The molecule has 1 heterocycles. The van der Waals surface area contributed by atoms with Crippen LogP contribution in [0.25, 0.3) is 4.85 Å². The molecule has 2 unspecified atom stereocenters. The molecule has 1 aliphatic rings. The van der Waals surface area contributed by atoms with Gasteiger partial charge in [0.25, 0.3) is 0 Å². The van der Waals surface area contributed by atoms with Crippen LogP contribution in [0.1, 0.15) is 48.6 Å². The molecule has 2 atom stereocenters. The van der Waals surface area contributed by atoms with Gasteiger partial charge in [0.1, 0.15) is 17.7 Å². The Morgan fingerprint density at radius 1 is 0.979 bits per heavy atom. The van der Waals surface area contributed by atoms with Gasteiger partial charge in [-0.05, 0) is 62.9 Å². The van der Waals surface area contributed by atoms with Crippen molar-refractivity contribution in [2.45, 2.75) is 46.5 Å². The van der Waals surface area contributed by atoms with Crippen molar-refractivity contribution < 1.29 is 38.4 Å². The second-order valence-corrected chi connectivity index (χ2v) is 12.1. The number of carboxylic acids is 1. The molecule has 1 aromatic carbocycles. The molecule has 260 valence electrons. The molecule has 1 aliphatic carbocycles. The number of aliphatic carboxylic acids is 1. The maximum atomic E-state index is 12.2. The number of anilines is 1. The van der Waals surface area contributed by atoms with Crippen LogP contribution in [-0.4, -0.2) is 89.6 Å². The summed E-state index contributed by atoms with van der Waals surface area (Å²) >= 11 is 1.17. The molecule has 0 spiro atoms. The summed E-state index contributed by atoms with van der Waals surface area (Å²) in [6, 6.07) is 8.04. The monoisotopic (exact) mass is 683 g/mol. The SMILES string of the molecule is [C-]#[N+]c1c(N=Nc2ccc(N(CC)CCOCCOCCOCCOCCOC(=O)C3CCCCC3C(=O)O)cc2C)sc(C#N)c1C. The molecule has 3 rings (SSSR count). The smallest absolute Gasteiger partial charge is 0.309 e. The minimum atomic E-state index is -0.933. The zero-order valence-corrected chi connectivity index (χ0v) is 28.8. The van der Waals surface area contributed by atoms with E-state index in [0.29, 0.717) is 92.5 Å². The number of hydrogen-bond donors (Lipinski definition) is 1. The van der Waals surface area contributed by atoms with Crippen molar-refractivity contribution in [1.29, 1.82) is 5.26 Å². The molecule has 0 amide bonds. The fourth-order valence-corrected chi connectivity index (χ4v) is 6.13. The maximum Gasteiger partial charge on any atom is 0.309 e. The summed E-state index contributed by atoms with van der Waals surface area (Å²) in [5.74, 6) is -2.61. The average Bonchev–Trinajstić information content (AvgIpc) is 3.41. The van der Waals surface area contributed by atoms with E-state index in [1.807, 2.05) is 25.1 Å². The van der Waals surface area contributed by atoms with Gasteiger partial charge in [-0.1, -0.05) is 12.8 Å². The van der Waals surface area contributed by atoms with Gasteiger partial charge in [0.15, 0.2) is 0 Å². The van der Waals surface area contributed by atoms with Gasteiger partial charge in [-0.3, -0.25) is 9.59 Å². The molecule has 0 radical (unpaired) electrons. The van der Waals surface area contributed by atoms with Crippen LogP contribution < -0.4 is 4.90 Å². The van der Waals surface area contributed by atoms with Crippen LogP contribution in [0.4, 0.5) is 22.1 Å². The standard InChI is InChI=1S/C34H45N5O8S/c1-5-39(26-10-11-29(24(2)22-26)37-38-32-31(36-4)25(3)30(23-35)48-32)12-13-43-14-15-44-16-17-45-18-19-46-20-21-47-34(42)28-9-7-6-8-27(28)33(40)41/h10-11,22,27-28H,5-9,12-21H2,1-3H3,(H,40,41). The van der Waals surface area contributed by atoms with E-state index in [4.69, 9.17) is 30.3 Å². The third-order valence-corrected chi connectivity index (χ3v) is 9.04. The topological polar surface area (TPSA) is 157 Å². The van der Waals surface area contributed by atoms with E-state index >= 15 is 0 Å². The van der Waals surface area contributed by atoms with Gasteiger partial charge in [0.2, 0.25) is 5.69 Å². The summed E-state index contributed by atoms with van der Waals surface area (Å²) in [5.41, 5.74) is 3.71. The summed E-state index contributed by atoms with van der Waals surface area (Å²) in [7, 11) is 0. The minimum absolute atomic E-state index is 0.0915. The van der Waals surface area contributed by atoms with Crippen molar-refractivity contribution in [3.05, 3.63) is 45.6 Å². The molecule has 0 aliphatic heterocycles. The molecule has 14 heteroatoms. The molecule has 1 N–H and O–H groups in total. The van der Waals surface area contributed by atoms with Gasteiger partial charge in [0, 0.05) is 18.8 Å². The van der Waals surface area contributed by atoms with Crippen molar-refractivity contribution in [1.82, 2.24) is 0 Å². The molecule has 0 bridgehead atoms. The number of carbonyl (C=O) groups excluding carboxylic acids is 1. The van der Waals surface area contributed by atoms with Crippen LogP contribution >= 0.6 is 11.3 Å². The summed E-state index contributed by atoms with van der Waals surface area (Å²) < 4.78 is 27.5. The van der Waals surface area contributed by atoms with Crippen LogP contribution in [-0.2, 0) is 33.3 Å². The highest BCUT2D eigenvalue weighted by molar-refractivity contribution is 7.17. The highest BCUT2D eigenvalue weighted by Gasteiger charge is 2.36. The van der Waals surface area contributed by atoms with Crippen molar-refractivity contribution in [3.8, 4) is 6.07 Å². The Morgan fingerprint density at radius 2 is 1.58 bits per heavy atom. The van der Waals surface area contributed by atoms with Crippen LogP contribution in [0, 0.1) is 43.6 Å². The first-order valence-electron chi connectivity index (χ1n) is 16.2. The summed E-state index contributed by atoms with van der Waals surface area (Å²) in [6.45, 7) is 18.1. The van der Waals surface area contributed by atoms with Crippen LogP contribution in [0.3, 0.4) is 0 Å². The lowest BCUT2D eigenvalue weighted by atomic mass is 9.79. The number of nitrogens with zero attached hydrogens (tertiary/aromatic N) is 5. The molecule has 1 fully saturated rings. The number of aryl methyl sites for hydroxylation is 1. The molecule has 1 aromatic heterocycles. The predicted octanol–water partition coefficient (Wildman–Crippen LogP) is 6.53. The first-order chi connectivity index (χ1) is 23.3. The number of likely N-dealkylation sites (N-methyl/N-ethyl adjacent to an activating group) is 1. The van der Waals surface area contributed by atoms with Crippen LogP contribution in [0.15, 0.2) is 28.4 Å². The molecular weight excluding hydrogens is 638 g/mol. The van der Waals surface area contributed by atoms with Crippen molar-refractivity contribution >= 4 is 45.3 Å². The Bertz CT molecular complexity index is 1450. The lowest BCUT2D eigenvalue weighted by Crippen LogP contribution is -2.34. The third kappa shape index (κ3) is 12.0. The molecule has 48 heavy (non-hydrogen) atoms. The number of nitriles is 1. The molecule has 2 aromatic rings. The number of ether oxygens (including phenoxy) is 5. The largest absolute Gasteiger partial charge is 0.481 e. The number of rotatable bonds is 21. The van der Waals surface area contributed by atoms with E-state index in [9.17, 15) is 20.0 Å². The van der Waals surface area contributed by atoms with Crippen molar-refractivity contribution in [2.24, 2.45) is 22.1 Å². The highest BCUT2D eigenvalue weighted by atomic mass is 32.1. The molecular formula is C34H45N5O8S.